The number of ether oxygens (including phenoxy) is 1. The molecule has 1 fully saturated rings. The van der Waals surface area contributed by atoms with Crippen LogP contribution in [0.5, 0.6) is 0 Å². The summed E-state index contributed by atoms with van der Waals surface area (Å²) in [5.74, 6) is 1.38. The van der Waals surface area contributed by atoms with Crippen molar-refractivity contribution in [2.45, 2.75) is 45.3 Å². The molecule has 0 aliphatic carbocycles. The molecule has 1 aliphatic rings. The van der Waals surface area contributed by atoms with Crippen molar-refractivity contribution >= 4 is 17.2 Å². The molecule has 0 saturated carbocycles. The maximum absolute atomic E-state index is 12.3. The van der Waals surface area contributed by atoms with Crippen LogP contribution >= 0.6 is 11.3 Å². The van der Waals surface area contributed by atoms with Crippen molar-refractivity contribution in [1.82, 2.24) is 15.0 Å². The molecule has 1 amide bonds. The Hall–Kier alpha value is -1.73. The monoisotopic (exact) mass is 335 g/mol. The van der Waals surface area contributed by atoms with Crippen LogP contribution in [0.4, 0.5) is 0 Å². The van der Waals surface area contributed by atoms with Gasteiger partial charge in [-0.15, -0.1) is 11.3 Å². The third kappa shape index (κ3) is 4.17. The summed E-state index contributed by atoms with van der Waals surface area (Å²) in [5, 5.41) is 5.96. The van der Waals surface area contributed by atoms with Gasteiger partial charge in [-0.3, -0.25) is 4.79 Å². The number of carbonyl (C=O) groups excluding carboxylic acids is 1. The minimum Gasteiger partial charge on any atom is -0.372 e. The maximum atomic E-state index is 12.3. The standard InChI is InChI=1S/C16H21N3O3S/c1-11-9-19(10-12(2)21-11)15(20)7-3-6-14-17-16(18-22-14)13-5-4-8-23-13/h4-5,8,11-12H,3,6-7,9-10H2,1-2H3/t11-,12-/m1/s1. The van der Waals surface area contributed by atoms with Crippen molar-refractivity contribution in [1.29, 1.82) is 0 Å². The first-order chi connectivity index (χ1) is 11.1. The SMILES string of the molecule is C[C@@H]1CN(C(=O)CCCc2nc(-c3cccs3)no2)C[C@@H](C)O1. The molecule has 0 unspecified atom stereocenters. The molecule has 7 heteroatoms. The highest BCUT2D eigenvalue weighted by Gasteiger charge is 2.25. The zero-order valence-electron chi connectivity index (χ0n) is 13.4. The van der Waals surface area contributed by atoms with Gasteiger partial charge in [-0.25, -0.2) is 0 Å². The quantitative estimate of drug-likeness (QED) is 0.840. The Morgan fingerprint density at radius 1 is 1.39 bits per heavy atom. The lowest BCUT2D eigenvalue weighted by molar-refractivity contribution is -0.143. The van der Waals surface area contributed by atoms with E-state index in [0.29, 0.717) is 44.1 Å². The van der Waals surface area contributed by atoms with Crippen LogP contribution in [0.1, 0.15) is 32.6 Å². The van der Waals surface area contributed by atoms with Crippen molar-refractivity contribution in [3.05, 3.63) is 23.4 Å². The molecule has 124 valence electrons. The summed E-state index contributed by atoms with van der Waals surface area (Å²) in [7, 11) is 0. The molecular weight excluding hydrogens is 314 g/mol. The molecule has 1 aliphatic heterocycles. The molecule has 0 N–H and O–H groups in total. The van der Waals surface area contributed by atoms with E-state index in [1.807, 2.05) is 36.3 Å². The van der Waals surface area contributed by atoms with Crippen molar-refractivity contribution in [2.24, 2.45) is 0 Å². The lowest BCUT2D eigenvalue weighted by atomic mass is 10.1. The molecule has 0 aromatic carbocycles. The van der Waals surface area contributed by atoms with Crippen molar-refractivity contribution in [3.8, 4) is 10.7 Å². The summed E-state index contributed by atoms with van der Waals surface area (Å²) in [6.07, 6.45) is 2.04. The fourth-order valence-corrected chi connectivity index (χ4v) is 3.44. The predicted octanol–water partition coefficient (Wildman–Crippen LogP) is 2.76. The molecule has 2 aromatic heterocycles. The highest BCUT2D eigenvalue weighted by Crippen LogP contribution is 2.21. The van der Waals surface area contributed by atoms with Crippen LogP contribution in [-0.4, -0.2) is 46.2 Å². The second-order valence-electron chi connectivity index (χ2n) is 5.90. The number of carbonyl (C=O) groups is 1. The minimum atomic E-state index is 0.104. The fraction of sp³-hybridized carbons (Fsp3) is 0.562. The summed E-state index contributed by atoms with van der Waals surface area (Å²) >= 11 is 1.58. The normalized spacial score (nSPS) is 21.6. The molecule has 0 radical (unpaired) electrons. The number of morpholine rings is 1. The minimum absolute atomic E-state index is 0.104. The Balaban J connectivity index is 1.47. The van der Waals surface area contributed by atoms with E-state index in [0.717, 1.165) is 4.88 Å². The van der Waals surface area contributed by atoms with Gasteiger partial charge in [0.2, 0.25) is 17.6 Å². The number of aromatic nitrogens is 2. The third-order valence-electron chi connectivity index (χ3n) is 3.76. The van der Waals surface area contributed by atoms with E-state index >= 15 is 0 Å². The van der Waals surface area contributed by atoms with Gasteiger partial charge in [-0.2, -0.15) is 4.98 Å². The van der Waals surface area contributed by atoms with E-state index in [4.69, 9.17) is 9.26 Å². The first-order valence-corrected chi connectivity index (χ1v) is 8.79. The van der Waals surface area contributed by atoms with Crippen LogP contribution in [-0.2, 0) is 16.0 Å². The van der Waals surface area contributed by atoms with E-state index < -0.39 is 0 Å². The van der Waals surface area contributed by atoms with Gasteiger partial charge in [0.15, 0.2) is 0 Å². The van der Waals surface area contributed by atoms with Gasteiger partial charge in [0.1, 0.15) is 0 Å². The van der Waals surface area contributed by atoms with Crippen LogP contribution in [0, 0.1) is 0 Å². The number of amides is 1. The summed E-state index contributed by atoms with van der Waals surface area (Å²) in [6.45, 7) is 5.35. The molecule has 1 saturated heterocycles. The molecule has 3 rings (SSSR count). The average Bonchev–Trinajstić information content (AvgIpc) is 3.17. The lowest BCUT2D eigenvalue weighted by Crippen LogP contribution is -2.48. The zero-order chi connectivity index (χ0) is 16.2. The Morgan fingerprint density at radius 3 is 2.87 bits per heavy atom. The zero-order valence-corrected chi connectivity index (χ0v) is 14.2. The van der Waals surface area contributed by atoms with Crippen molar-refractivity contribution in [2.75, 3.05) is 13.1 Å². The largest absolute Gasteiger partial charge is 0.372 e. The van der Waals surface area contributed by atoms with E-state index in [1.165, 1.54) is 0 Å². The number of rotatable bonds is 5. The van der Waals surface area contributed by atoms with Gasteiger partial charge in [0.25, 0.3) is 0 Å². The van der Waals surface area contributed by atoms with Gasteiger partial charge >= 0.3 is 0 Å². The van der Waals surface area contributed by atoms with Gasteiger partial charge in [0, 0.05) is 25.9 Å². The highest BCUT2D eigenvalue weighted by molar-refractivity contribution is 7.13. The summed E-state index contributed by atoms with van der Waals surface area (Å²) in [4.78, 5) is 19.5. The predicted molar refractivity (Wildman–Crippen MR) is 87.1 cm³/mol. The van der Waals surface area contributed by atoms with Crippen LogP contribution < -0.4 is 0 Å². The number of thiophene rings is 1. The van der Waals surface area contributed by atoms with Gasteiger partial charge in [-0.05, 0) is 31.7 Å². The van der Waals surface area contributed by atoms with E-state index in [-0.39, 0.29) is 18.1 Å². The van der Waals surface area contributed by atoms with Gasteiger partial charge < -0.3 is 14.2 Å². The molecule has 0 spiro atoms. The smallest absolute Gasteiger partial charge is 0.226 e. The second-order valence-corrected chi connectivity index (χ2v) is 6.85. The van der Waals surface area contributed by atoms with Crippen LogP contribution in [0.25, 0.3) is 10.7 Å². The van der Waals surface area contributed by atoms with E-state index in [2.05, 4.69) is 10.1 Å². The Kier molecular flexibility index (Phi) is 5.07. The lowest BCUT2D eigenvalue weighted by Gasteiger charge is -2.35. The summed E-state index contributed by atoms with van der Waals surface area (Å²) in [6, 6.07) is 3.92. The summed E-state index contributed by atoms with van der Waals surface area (Å²) < 4.78 is 10.9. The first-order valence-electron chi connectivity index (χ1n) is 7.91. The van der Waals surface area contributed by atoms with Crippen molar-refractivity contribution < 1.29 is 14.1 Å². The number of aryl methyl sites for hydroxylation is 1. The number of hydrogen-bond acceptors (Lipinski definition) is 6. The van der Waals surface area contributed by atoms with Gasteiger partial charge in [-0.1, -0.05) is 11.2 Å². The molecule has 2 atom stereocenters. The first kappa shape index (κ1) is 16.1. The van der Waals surface area contributed by atoms with Crippen LogP contribution in [0.3, 0.4) is 0 Å². The molecule has 23 heavy (non-hydrogen) atoms. The Bertz CT molecular complexity index is 631. The van der Waals surface area contributed by atoms with Crippen LogP contribution in [0.15, 0.2) is 22.0 Å². The maximum Gasteiger partial charge on any atom is 0.226 e. The Labute approximate surface area is 139 Å². The fourth-order valence-electron chi connectivity index (χ4n) is 2.79. The van der Waals surface area contributed by atoms with Gasteiger partial charge in [0.05, 0.1) is 17.1 Å². The van der Waals surface area contributed by atoms with Crippen molar-refractivity contribution in [3.63, 3.8) is 0 Å². The third-order valence-corrected chi connectivity index (χ3v) is 4.63. The number of hydrogen-bond donors (Lipinski definition) is 0. The molecule has 3 heterocycles. The average molecular weight is 335 g/mol. The molecule has 0 bridgehead atoms. The van der Waals surface area contributed by atoms with Crippen LogP contribution in [0.2, 0.25) is 0 Å². The number of nitrogens with zero attached hydrogens (tertiary/aromatic N) is 3. The summed E-state index contributed by atoms with van der Waals surface area (Å²) in [5.41, 5.74) is 0. The molecular formula is C16H21N3O3S. The molecule has 2 aromatic rings. The highest BCUT2D eigenvalue weighted by atomic mass is 32.1. The molecule has 6 nitrogen and oxygen atoms in total. The van der Waals surface area contributed by atoms with E-state index in [1.54, 1.807) is 11.3 Å². The topological polar surface area (TPSA) is 68.5 Å². The second kappa shape index (κ2) is 7.23. The Morgan fingerprint density at radius 2 is 2.17 bits per heavy atom. The van der Waals surface area contributed by atoms with E-state index in [9.17, 15) is 4.79 Å².